The lowest BCUT2D eigenvalue weighted by atomic mass is 10.1. The number of carbonyl (C=O) groups is 2. The van der Waals surface area contributed by atoms with Gasteiger partial charge in [0.15, 0.2) is 0 Å². The van der Waals surface area contributed by atoms with E-state index in [0.717, 1.165) is 24.3 Å². The van der Waals surface area contributed by atoms with Crippen molar-refractivity contribution in [1.29, 1.82) is 0 Å². The molecular weight excluding hydrogens is 268 g/mol. The quantitative estimate of drug-likeness (QED) is 0.814. The minimum absolute atomic E-state index is 0.364. The van der Waals surface area contributed by atoms with Crippen molar-refractivity contribution in [2.75, 3.05) is 18.0 Å². The van der Waals surface area contributed by atoms with Gasteiger partial charge in [-0.15, -0.1) is 0 Å². The number of amides is 1. The maximum absolute atomic E-state index is 11.7. The van der Waals surface area contributed by atoms with Gasteiger partial charge in [0.05, 0.1) is 0 Å². The Morgan fingerprint density at radius 3 is 2.57 bits per heavy atom. The molecule has 1 fully saturated rings. The molecule has 0 saturated carbocycles. The summed E-state index contributed by atoms with van der Waals surface area (Å²) in [5.41, 5.74) is 2.17. The van der Waals surface area contributed by atoms with Crippen LogP contribution in [-0.2, 0) is 16.1 Å². The zero-order valence-corrected chi connectivity index (χ0v) is 12.3. The minimum atomic E-state index is -1.10. The fourth-order valence-corrected chi connectivity index (χ4v) is 2.55. The van der Waals surface area contributed by atoms with Crippen molar-refractivity contribution in [3.8, 4) is 0 Å². The molecule has 0 bridgehead atoms. The summed E-state index contributed by atoms with van der Waals surface area (Å²) in [6.07, 6.45) is 3.65. The van der Waals surface area contributed by atoms with E-state index < -0.39 is 17.8 Å². The number of nitrogens with zero attached hydrogens (tertiary/aromatic N) is 1. The van der Waals surface area contributed by atoms with Crippen LogP contribution >= 0.6 is 0 Å². The third-order valence-corrected chi connectivity index (χ3v) is 3.91. The van der Waals surface area contributed by atoms with Gasteiger partial charge in [-0.3, -0.25) is 9.59 Å². The Bertz CT molecular complexity index is 510. The molecule has 21 heavy (non-hydrogen) atoms. The number of nitrogens with one attached hydrogen (secondary N) is 1. The number of rotatable bonds is 5. The van der Waals surface area contributed by atoms with Crippen molar-refractivity contribution in [3.63, 3.8) is 0 Å². The van der Waals surface area contributed by atoms with Crippen molar-refractivity contribution in [1.82, 2.24) is 5.32 Å². The molecule has 0 spiro atoms. The Kier molecular flexibility index (Phi) is 5.20. The van der Waals surface area contributed by atoms with Crippen LogP contribution in [-0.4, -0.2) is 30.1 Å². The van der Waals surface area contributed by atoms with Gasteiger partial charge in [-0.25, -0.2) is 0 Å². The van der Waals surface area contributed by atoms with Crippen LogP contribution in [0.1, 0.15) is 31.7 Å². The Morgan fingerprint density at radius 2 is 1.90 bits per heavy atom. The van der Waals surface area contributed by atoms with E-state index in [1.54, 1.807) is 0 Å². The van der Waals surface area contributed by atoms with Crippen LogP contribution in [0.25, 0.3) is 0 Å². The van der Waals surface area contributed by atoms with E-state index in [1.807, 2.05) is 18.2 Å². The first-order valence-electron chi connectivity index (χ1n) is 7.43. The normalized spacial score (nSPS) is 16.3. The lowest BCUT2D eigenvalue weighted by Gasteiger charge is -2.30. The second-order valence-electron chi connectivity index (χ2n) is 5.45. The molecule has 5 heteroatoms. The van der Waals surface area contributed by atoms with Crippen molar-refractivity contribution >= 4 is 17.6 Å². The number of carbonyl (C=O) groups excluding carboxylic acids is 1. The number of piperidine rings is 1. The zero-order valence-electron chi connectivity index (χ0n) is 12.3. The highest BCUT2D eigenvalue weighted by molar-refractivity contribution is 5.96. The molecule has 0 aliphatic carbocycles. The molecule has 1 amide bonds. The highest BCUT2D eigenvalue weighted by Crippen LogP contribution is 2.24. The van der Waals surface area contributed by atoms with E-state index in [9.17, 15) is 9.59 Å². The topological polar surface area (TPSA) is 69.6 Å². The smallest absolute Gasteiger partial charge is 0.315 e. The maximum Gasteiger partial charge on any atom is 0.315 e. The van der Waals surface area contributed by atoms with Crippen molar-refractivity contribution in [2.24, 2.45) is 5.92 Å². The van der Waals surface area contributed by atoms with E-state index in [4.69, 9.17) is 5.11 Å². The molecule has 1 aromatic carbocycles. The number of aliphatic carboxylic acids is 1. The van der Waals surface area contributed by atoms with Crippen molar-refractivity contribution < 1.29 is 14.7 Å². The predicted molar refractivity (Wildman–Crippen MR) is 81.2 cm³/mol. The Balaban J connectivity index is 2.03. The fraction of sp³-hybridized carbons (Fsp3) is 0.500. The molecule has 2 N–H and O–H groups in total. The molecule has 1 aliphatic heterocycles. The molecule has 1 atom stereocenters. The summed E-state index contributed by atoms with van der Waals surface area (Å²) < 4.78 is 0. The van der Waals surface area contributed by atoms with E-state index in [1.165, 1.54) is 26.2 Å². The molecule has 0 radical (unpaired) electrons. The van der Waals surface area contributed by atoms with E-state index in [-0.39, 0.29) is 0 Å². The second-order valence-corrected chi connectivity index (χ2v) is 5.45. The monoisotopic (exact) mass is 290 g/mol. The van der Waals surface area contributed by atoms with E-state index in [0.29, 0.717) is 6.54 Å². The van der Waals surface area contributed by atoms with Gasteiger partial charge in [0.1, 0.15) is 5.92 Å². The molecule has 0 aromatic heterocycles. The SMILES string of the molecule is CC(C(=O)O)C(=O)NCc1ccccc1N1CCCCC1. The first-order valence-corrected chi connectivity index (χ1v) is 7.43. The number of hydrogen-bond donors (Lipinski definition) is 2. The molecule has 1 heterocycles. The number of benzene rings is 1. The summed E-state index contributed by atoms with van der Waals surface area (Å²) >= 11 is 0. The maximum atomic E-state index is 11.7. The summed E-state index contributed by atoms with van der Waals surface area (Å²) in [4.78, 5) is 24.9. The Labute approximate surface area is 125 Å². The molecular formula is C16H22N2O3. The lowest BCUT2D eigenvalue weighted by Crippen LogP contribution is -2.34. The molecule has 1 unspecified atom stereocenters. The Hall–Kier alpha value is -2.04. The number of carboxylic acid groups (broad SMARTS) is 1. The van der Waals surface area contributed by atoms with Crippen LogP contribution in [0.5, 0.6) is 0 Å². The molecule has 1 aliphatic rings. The van der Waals surface area contributed by atoms with Crippen molar-refractivity contribution in [2.45, 2.75) is 32.7 Å². The third-order valence-electron chi connectivity index (χ3n) is 3.91. The van der Waals surface area contributed by atoms with E-state index in [2.05, 4.69) is 16.3 Å². The first kappa shape index (κ1) is 15.4. The number of carboxylic acids is 1. The summed E-state index contributed by atoms with van der Waals surface area (Å²) in [5, 5.41) is 11.6. The van der Waals surface area contributed by atoms with Crippen LogP contribution in [0.2, 0.25) is 0 Å². The van der Waals surface area contributed by atoms with Gasteiger partial charge in [-0.2, -0.15) is 0 Å². The lowest BCUT2D eigenvalue weighted by molar-refractivity contribution is -0.146. The van der Waals surface area contributed by atoms with Crippen LogP contribution in [0.4, 0.5) is 5.69 Å². The highest BCUT2D eigenvalue weighted by atomic mass is 16.4. The van der Waals surface area contributed by atoms with Crippen LogP contribution in [0, 0.1) is 5.92 Å². The third kappa shape index (κ3) is 3.97. The summed E-state index contributed by atoms with van der Waals surface area (Å²) in [6, 6.07) is 7.98. The van der Waals surface area contributed by atoms with Gasteiger partial charge >= 0.3 is 5.97 Å². The van der Waals surface area contributed by atoms with Crippen LogP contribution in [0.3, 0.4) is 0 Å². The van der Waals surface area contributed by atoms with Gasteiger partial charge in [-0.05, 0) is 37.8 Å². The van der Waals surface area contributed by atoms with E-state index >= 15 is 0 Å². The minimum Gasteiger partial charge on any atom is -0.481 e. The van der Waals surface area contributed by atoms with Gasteiger partial charge < -0.3 is 15.3 Å². The van der Waals surface area contributed by atoms with Gasteiger partial charge in [0.25, 0.3) is 0 Å². The summed E-state index contributed by atoms with van der Waals surface area (Å²) in [6.45, 7) is 3.84. The first-order chi connectivity index (χ1) is 10.1. The van der Waals surface area contributed by atoms with Crippen LogP contribution in [0.15, 0.2) is 24.3 Å². The summed E-state index contributed by atoms with van der Waals surface area (Å²) in [7, 11) is 0. The summed E-state index contributed by atoms with van der Waals surface area (Å²) in [5.74, 6) is -2.57. The van der Waals surface area contributed by atoms with Crippen LogP contribution < -0.4 is 10.2 Å². The standard InChI is InChI=1S/C16H22N2O3/c1-12(16(20)21)15(19)17-11-13-7-3-4-8-14(13)18-9-5-2-6-10-18/h3-4,7-8,12H,2,5-6,9-11H2,1H3,(H,17,19)(H,20,21). The van der Waals surface area contributed by atoms with Gasteiger partial charge in [0.2, 0.25) is 5.91 Å². The molecule has 2 rings (SSSR count). The molecule has 1 saturated heterocycles. The average Bonchev–Trinajstić information content (AvgIpc) is 2.52. The zero-order chi connectivity index (χ0) is 15.2. The van der Waals surface area contributed by atoms with Gasteiger partial charge in [-0.1, -0.05) is 18.2 Å². The molecule has 1 aromatic rings. The van der Waals surface area contributed by atoms with Gasteiger partial charge in [0, 0.05) is 25.3 Å². The fourth-order valence-electron chi connectivity index (χ4n) is 2.55. The molecule has 114 valence electrons. The highest BCUT2D eigenvalue weighted by Gasteiger charge is 2.20. The average molecular weight is 290 g/mol. The van der Waals surface area contributed by atoms with Crippen molar-refractivity contribution in [3.05, 3.63) is 29.8 Å². The Morgan fingerprint density at radius 1 is 1.24 bits per heavy atom. The second kappa shape index (κ2) is 7.11. The number of anilines is 1. The predicted octanol–water partition coefficient (Wildman–Crippen LogP) is 2.01. The largest absolute Gasteiger partial charge is 0.481 e. The molecule has 5 nitrogen and oxygen atoms in total. The number of para-hydroxylation sites is 1. The number of hydrogen-bond acceptors (Lipinski definition) is 3.